The van der Waals surface area contributed by atoms with Gasteiger partial charge in [0.15, 0.2) is 6.54 Å². The van der Waals surface area contributed by atoms with Crippen molar-refractivity contribution in [2.24, 2.45) is 5.73 Å². The third kappa shape index (κ3) is 0.667. The summed E-state index contributed by atoms with van der Waals surface area (Å²) in [6.07, 6.45) is 3.30. The summed E-state index contributed by atoms with van der Waals surface area (Å²) in [5, 5.41) is 0. The van der Waals surface area contributed by atoms with E-state index in [0.717, 1.165) is 4.70 Å². The van der Waals surface area contributed by atoms with Crippen molar-refractivity contribution in [3.05, 3.63) is 17.7 Å². The average Bonchev–Trinajstić information content (AvgIpc) is 1.91. The topological polar surface area (TPSA) is 51.3 Å². The van der Waals surface area contributed by atoms with Crippen LogP contribution < -0.4 is 5.73 Å². The zero-order valence-electron chi connectivity index (χ0n) is 3.91. The fourth-order valence-electron chi connectivity index (χ4n) is 0.529. The van der Waals surface area contributed by atoms with Crippen LogP contribution in [0.3, 0.4) is 0 Å². The van der Waals surface area contributed by atoms with E-state index < -0.39 is 0 Å². The van der Waals surface area contributed by atoms with Gasteiger partial charge in [0.05, 0.1) is 0 Å². The molecule has 1 rings (SSSR count). The molecule has 1 aliphatic heterocycles. The Bertz CT molecular complexity index is 116. The van der Waals surface area contributed by atoms with Gasteiger partial charge in [-0.25, -0.2) is 0 Å². The van der Waals surface area contributed by atoms with E-state index in [9.17, 15) is 0 Å². The Hall–Kier alpha value is -0.700. The molecule has 1 aliphatic rings. The quantitative estimate of drug-likeness (QED) is 0.332. The first-order chi connectivity index (χ1) is 3.30. The maximum atomic E-state index is 8.64. The summed E-state index contributed by atoms with van der Waals surface area (Å²) < 4.78 is 1.07. The third-order valence-corrected chi connectivity index (χ3v) is 0.970. The molecular weight excluding hydrogens is 90.1 g/mol. The smallest absolute Gasteiger partial charge is 0.213 e. The highest BCUT2D eigenvalue weighted by molar-refractivity contribution is 4.90. The minimum absolute atomic E-state index is 0.278. The summed E-state index contributed by atoms with van der Waals surface area (Å²) in [6.45, 7) is 0.557. The molecule has 3 nitrogen and oxygen atoms in total. The Morgan fingerprint density at radius 3 is 2.71 bits per heavy atom. The molecule has 0 spiro atoms. The van der Waals surface area contributed by atoms with Crippen molar-refractivity contribution in [1.82, 2.24) is 0 Å². The van der Waals surface area contributed by atoms with E-state index in [-0.39, 0.29) is 6.17 Å². The summed E-state index contributed by atoms with van der Waals surface area (Å²) in [4.78, 5) is 0. The maximum absolute atomic E-state index is 8.64. The van der Waals surface area contributed by atoms with Gasteiger partial charge in [-0.3, -0.25) is 10.4 Å². The zero-order chi connectivity index (χ0) is 5.28. The molecule has 0 bridgehead atoms. The Balaban J connectivity index is 2.62. The van der Waals surface area contributed by atoms with Crippen molar-refractivity contribution in [3.63, 3.8) is 0 Å². The van der Waals surface area contributed by atoms with E-state index in [2.05, 4.69) is 0 Å². The van der Waals surface area contributed by atoms with Gasteiger partial charge in [0.25, 0.3) is 0 Å². The van der Waals surface area contributed by atoms with E-state index >= 15 is 0 Å². The standard InChI is InChI=1S/C4H7N3/c5-4-2-1-3-7(4)6/h1-2,4H,3,5H2. The fourth-order valence-corrected chi connectivity index (χ4v) is 0.529. The number of nitrogens with zero attached hydrogens (tertiary/aromatic N) is 2. The predicted molar refractivity (Wildman–Crippen MR) is 25.6 cm³/mol. The van der Waals surface area contributed by atoms with Crippen LogP contribution in [0.25, 0.3) is 5.53 Å². The molecule has 0 saturated carbocycles. The molecule has 0 saturated heterocycles. The minimum atomic E-state index is -0.278. The lowest BCUT2D eigenvalue weighted by Gasteiger charge is -2.00. The van der Waals surface area contributed by atoms with Gasteiger partial charge >= 0.3 is 0 Å². The molecule has 1 atom stereocenters. The second-order valence-corrected chi connectivity index (χ2v) is 1.54. The summed E-state index contributed by atoms with van der Waals surface area (Å²) in [5.41, 5.74) is 13.9. The van der Waals surface area contributed by atoms with Crippen LogP contribution in [0.1, 0.15) is 0 Å². The van der Waals surface area contributed by atoms with Crippen molar-refractivity contribution < 1.29 is 4.70 Å². The third-order valence-electron chi connectivity index (χ3n) is 0.970. The van der Waals surface area contributed by atoms with Gasteiger partial charge in [-0.15, -0.1) is 0 Å². The van der Waals surface area contributed by atoms with Crippen LogP contribution in [-0.2, 0) is 0 Å². The van der Waals surface area contributed by atoms with Crippen LogP contribution in [0.5, 0.6) is 0 Å². The molecule has 0 amide bonds. The van der Waals surface area contributed by atoms with Crippen LogP contribution in [0.15, 0.2) is 12.2 Å². The molecule has 0 aromatic rings. The molecule has 0 radical (unpaired) electrons. The second kappa shape index (κ2) is 1.42. The first-order valence-electron chi connectivity index (χ1n) is 2.18. The summed E-state index contributed by atoms with van der Waals surface area (Å²) in [5.74, 6) is 0. The van der Waals surface area contributed by atoms with Gasteiger partial charge in [-0.1, -0.05) is 0 Å². The van der Waals surface area contributed by atoms with Gasteiger partial charge in [0, 0.05) is 6.08 Å². The molecule has 1 heterocycles. The lowest BCUT2D eigenvalue weighted by Crippen LogP contribution is -2.25. The van der Waals surface area contributed by atoms with E-state index in [0.29, 0.717) is 6.54 Å². The highest BCUT2D eigenvalue weighted by Crippen LogP contribution is 1.94. The lowest BCUT2D eigenvalue weighted by molar-refractivity contribution is -0.556. The first kappa shape index (κ1) is 4.46. The number of nitrogens with two attached hydrogens (primary N) is 1. The van der Waals surface area contributed by atoms with Crippen molar-refractivity contribution in [2.45, 2.75) is 6.17 Å². The highest BCUT2D eigenvalue weighted by Gasteiger charge is 2.08. The molecule has 0 fully saturated rings. The Kier molecular flexibility index (Phi) is 0.906. The Labute approximate surface area is 41.9 Å². The van der Waals surface area contributed by atoms with Gasteiger partial charge in [0.2, 0.25) is 6.17 Å². The molecule has 0 aromatic carbocycles. The van der Waals surface area contributed by atoms with Crippen LogP contribution in [-0.4, -0.2) is 17.4 Å². The summed E-state index contributed by atoms with van der Waals surface area (Å²) in [6, 6.07) is 0. The Morgan fingerprint density at radius 1 is 1.86 bits per heavy atom. The van der Waals surface area contributed by atoms with Crippen molar-refractivity contribution in [2.75, 3.05) is 6.54 Å². The van der Waals surface area contributed by atoms with Crippen LogP contribution in [0, 0.1) is 0 Å². The lowest BCUT2D eigenvalue weighted by atomic mass is 10.5. The maximum Gasteiger partial charge on any atom is 0.213 e. The summed E-state index contributed by atoms with van der Waals surface area (Å²) in [7, 11) is 0. The predicted octanol–water partition coefficient (Wildman–Crippen LogP) is -0.125. The van der Waals surface area contributed by atoms with Crippen LogP contribution in [0.2, 0.25) is 0 Å². The van der Waals surface area contributed by atoms with E-state index in [1.54, 1.807) is 6.08 Å². The van der Waals surface area contributed by atoms with Crippen molar-refractivity contribution in [3.8, 4) is 0 Å². The second-order valence-electron chi connectivity index (χ2n) is 1.54. The molecule has 7 heavy (non-hydrogen) atoms. The number of hydrogen-bond donors (Lipinski definition) is 1. The average molecular weight is 97.1 g/mol. The number of hydrogen-bond acceptors (Lipinski definition) is 1. The molecular formula is C4H7N3. The molecule has 0 aliphatic carbocycles. The fraction of sp³-hybridized carbons (Fsp3) is 0.500. The molecule has 1 unspecified atom stereocenters. The van der Waals surface area contributed by atoms with Gasteiger partial charge in [-0.05, 0) is 6.08 Å². The van der Waals surface area contributed by atoms with Gasteiger partial charge in [0.1, 0.15) is 0 Å². The highest BCUT2D eigenvalue weighted by atomic mass is 15.3. The van der Waals surface area contributed by atoms with Crippen molar-refractivity contribution in [1.29, 1.82) is 0 Å². The zero-order valence-corrected chi connectivity index (χ0v) is 3.91. The van der Waals surface area contributed by atoms with Crippen LogP contribution >= 0.6 is 0 Å². The molecule has 0 aromatic heterocycles. The van der Waals surface area contributed by atoms with Crippen LogP contribution in [0.4, 0.5) is 0 Å². The largest absolute Gasteiger partial charge is 0.505 e. The van der Waals surface area contributed by atoms with Gasteiger partial charge in [-0.2, -0.15) is 0 Å². The molecule has 3 heteroatoms. The van der Waals surface area contributed by atoms with E-state index in [4.69, 9.17) is 11.3 Å². The first-order valence-corrected chi connectivity index (χ1v) is 2.18. The monoisotopic (exact) mass is 97.1 g/mol. The van der Waals surface area contributed by atoms with E-state index in [1.165, 1.54) is 0 Å². The van der Waals surface area contributed by atoms with Gasteiger partial charge < -0.3 is 5.53 Å². The Morgan fingerprint density at radius 2 is 2.57 bits per heavy atom. The molecule has 38 valence electrons. The summed E-state index contributed by atoms with van der Waals surface area (Å²) >= 11 is 0. The van der Waals surface area contributed by atoms with Crippen molar-refractivity contribution >= 4 is 0 Å². The normalized spacial score (nSPS) is 29.3. The SMILES string of the molecule is [N-]=[N+]1CC=CC1N. The molecule has 2 N–H and O–H groups in total. The minimum Gasteiger partial charge on any atom is -0.505 e. The van der Waals surface area contributed by atoms with E-state index in [1.807, 2.05) is 6.08 Å². The number of rotatable bonds is 0.